The van der Waals surface area contributed by atoms with Crippen LogP contribution in [0, 0.1) is 0 Å². The molecule has 2 aromatic rings. The monoisotopic (exact) mass is 410 g/mol. The van der Waals surface area contributed by atoms with Gasteiger partial charge in [0.2, 0.25) is 0 Å². The summed E-state index contributed by atoms with van der Waals surface area (Å²) in [4.78, 5) is 51.3. The third-order valence-corrected chi connectivity index (χ3v) is 4.87. The summed E-state index contributed by atoms with van der Waals surface area (Å²) in [5.41, 5.74) is 1.50. The van der Waals surface area contributed by atoms with E-state index >= 15 is 0 Å². The summed E-state index contributed by atoms with van der Waals surface area (Å²) >= 11 is 0. The molecule has 0 saturated heterocycles. The number of imide groups is 1. The van der Waals surface area contributed by atoms with Crippen LogP contribution in [0.4, 0.5) is 5.69 Å². The number of carbonyl (C=O) groups excluding carboxylic acids is 4. The van der Waals surface area contributed by atoms with Crippen molar-refractivity contribution in [2.75, 3.05) is 31.7 Å². The maximum atomic E-state index is 12.2. The normalized spacial score (nSPS) is 13.6. The molecule has 3 rings (SSSR count). The molecule has 1 heterocycles. The smallest absolute Gasteiger partial charge is 0.344 e. The molecule has 0 radical (unpaired) electrons. The zero-order chi connectivity index (χ0) is 21.7. The van der Waals surface area contributed by atoms with E-state index in [2.05, 4.69) is 0 Å². The molecule has 1 aliphatic rings. The molecular weight excluding hydrogens is 388 g/mol. The van der Waals surface area contributed by atoms with E-state index in [4.69, 9.17) is 9.47 Å². The molecule has 1 aliphatic heterocycles. The first-order valence-electron chi connectivity index (χ1n) is 9.45. The number of nitrogens with zero attached hydrogens (tertiary/aromatic N) is 2. The second kappa shape index (κ2) is 9.21. The van der Waals surface area contributed by atoms with Gasteiger partial charge in [-0.2, -0.15) is 0 Å². The Bertz CT molecular complexity index is 924. The summed E-state index contributed by atoms with van der Waals surface area (Å²) in [6.45, 7) is 0.872. The molecule has 0 aliphatic carbocycles. The number of benzene rings is 2. The summed E-state index contributed by atoms with van der Waals surface area (Å²) in [5, 5.41) is 0. The summed E-state index contributed by atoms with van der Waals surface area (Å²) in [6.07, 6.45) is 0. The van der Waals surface area contributed by atoms with E-state index in [1.54, 1.807) is 43.1 Å². The summed E-state index contributed by atoms with van der Waals surface area (Å²) < 4.78 is 10.0. The van der Waals surface area contributed by atoms with Gasteiger partial charge in [-0.3, -0.25) is 14.5 Å². The van der Waals surface area contributed by atoms with Crippen molar-refractivity contribution in [3.8, 4) is 0 Å². The third kappa shape index (κ3) is 4.48. The first-order valence-corrected chi connectivity index (χ1v) is 9.45. The van der Waals surface area contributed by atoms with Crippen LogP contribution in [0.1, 0.15) is 27.6 Å². The number of hydrogen-bond acceptors (Lipinski definition) is 7. The lowest BCUT2D eigenvalue weighted by Gasteiger charge is -2.25. The first kappa shape index (κ1) is 21.0. The number of para-hydroxylation sites is 1. The predicted molar refractivity (Wildman–Crippen MR) is 108 cm³/mol. The Labute approximate surface area is 174 Å². The molecule has 0 bridgehead atoms. The van der Waals surface area contributed by atoms with Crippen molar-refractivity contribution in [1.82, 2.24) is 4.90 Å². The molecule has 0 saturated carbocycles. The Morgan fingerprint density at radius 3 is 2.10 bits per heavy atom. The second-order valence-corrected chi connectivity index (χ2v) is 6.76. The SMILES string of the molecule is CC(C(=O)OCC(=O)OCCN1C(=O)c2ccccc2C1=O)N(C)c1ccccc1. The van der Waals surface area contributed by atoms with Gasteiger partial charge in [0.25, 0.3) is 11.8 Å². The molecule has 0 spiro atoms. The van der Waals surface area contributed by atoms with Crippen molar-refractivity contribution in [2.45, 2.75) is 13.0 Å². The summed E-state index contributed by atoms with van der Waals surface area (Å²) in [5.74, 6) is -2.17. The first-order chi connectivity index (χ1) is 14.4. The fourth-order valence-electron chi connectivity index (χ4n) is 3.03. The number of esters is 2. The van der Waals surface area contributed by atoms with Crippen LogP contribution in [-0.2, 0) is 19.1 Å². The average molecular weight is 410 g/mol. The fourth-order valence-corrected chi connectivity index (χ4v) is 3.03. The minimum Gasteiger partial charge on any atom is -0.461 e. The highest BCUT2D eigenvalue weighted by Crippen LogP contribution is 2.22. The Kier molecular flexibility index (Phi) is 6.46. The van der Waals surface area contributed by atoms with Crippen molar-refractivity contribution in [3.63, 3.8) is 0 Å². The Morgan fingerprint density at radius 2 is 1.50 bits per heavy atom. The third-order valence-electron chi connectivity index (χ3n) is 4.87. The molecular formula is C22H22N2O6. The van der Waals surface area contributed by atoms with Crippen molar-refractivity contribution < 1.29 is 28.7 Å². The van der Waals surface area contributed by atoms with Gasteiger partial charge in [-0.25, -0.2) is 9.59 Å². The number of hydrogen-bond donors (Lipinski definition) is 0. The molecule has 0 fully saturated rings. The van der Waals surface area contributed by atoms with Gasteiger partial charge in [0.1, 0.15) is 12.6 Å². The van der Waals surface area contributed by atoms with Gasteiger partial charge in [0.15, 0.2) is 6.61 Å². The summed E-state index contributed by atoms with van der Waals surface area (Å²) in [6, 6.07) is 15.2. The van der Waals surface area contributed by atoms with E-state index in [0.717, 1.165) is 10.6 Å². The van der Waals surface area contributed by atoms with Crippen LogP contribution in [0.3, 0.4) is 0 Å². The number of rotatable bonds is 8. The van der Waals surface area contributed by atoms with E-state index < -0.39 is 36.4 Å². The number of carbonyl (C=O) groups is 4. The summed E-state index contributed by atoms with van der Waals surface area (Å²) in [7, 11) is 1.75. The van der Waals surface area contributed by atoms with Crippen LogP contribution >= 0.6 is 0 Å². The van der Waals surface area contributed by atoms with Crippen molar-refractivity contribution in [2.24, 2.45) is 0 Å². The van der Waals surface area contributed by atoms with Crippen LogP contribution in [0.5, 0.6) is 0 Å². The highest BCUT2D eigenvalue weighted by molar-refractivity contribution is 6.21. The number of likely N-dealkylation sites (N-methyl/N-ethyl adjacent to an activating group) is 1. The maximum absolute atomic E-state index is 12.2. The van der Waals surface area contributed by atoms with Gasteiger partial charge < -0.3 is 14.4 Å². The fraction of sp³-hybridized carbons (Fsp3) is 0.273. The van der Waals surface area contributed by atoms with E-state index in [1.807, 2.05) is 30.3 Å². The van der Waals surface area contributed by atoms with E-state index in [9.17, 15) is 19.2 Å². The minimum absolute atomic E-state index is 0.0703. The van der Waals surface area contributed by atoms with Gasteiger partial charge in [-0.1, -0.05) is 30.3 Å². The van der Waals surface area contributed by atoms with Crippen LogP contribution in [0.25, 0.3) is 0 Å². The average Bonchev–Trinajstić information content (AvgIpc) is 3.02. The van der Waals surface area contributed by atoms with E-state index in [1.165, 1.54) is 0 Å². The number of amides is 2. The van der Waals surface area contributed by atoms with Gasteiger partial charge in [0, 0.05) is 12.7 Å². The van der Waals surface area contributed by atoms with Crippen LogP contribution in [0.2, 0.25) is 0 Å². The van der Waals surface area contributed by atoms with Crippen molar-refractivity contribution in [1.29, 1.82) is 0 Å². The molecule has 1 atom stereocenters. The zero-order valence-electron chi connectivity index (χ0n) is 16.7. The van der Waals surface area contributed by atoms with Crippen LogP contribution in [0.15, 0.2) is 54.6 Å². The predicted octanol–water partition coefficient (Wildman–Crippen LogP) is 1.89. The highest BCUT2D eigenvalue weighted by atomic mass is 16.6. The molecule has 30 heavy (non-hydrogen) atoms. The molecule has 2 aromatic carbocycles. The molecule has 156 valence electrons. The quantitative estimate of drug-likeness (QED) is 0.485. The van der Waals surface area contributed by atoms with Crippen molar-refractivity contribution >= 4 is 29.4 Å². The molecule has 8 heteroatoms. The largest absolute Gasteiger partial charge is 0.461 e. The lowest BCUT2D eigenvalue weighted by atomic mass is 10.1. The lowest BCUT2D eigenvalue weighted by Crippen LogP contribution is -2.38. The van der Waals surface area contributed by atoms with E-state index in [-0.39, 0.29) is 13.2 Å². The van der Waals surface area contributed by atoms with Gasteiger partial charge in [-0.15, -0.1) is 0 Å². The highest BCUT2D eigenvalue weighted by Gasteiger charge is 2.34. The standard InChI is InChI=1S/C22H22N2O6/c1-15(23(2)16-8-4-3-5-9-16)22(28)30-14-19(25)29-13-12-24-20(26)17-10-6-7-11-18(17)21(24)27/h3-11,15H,12-14H2,1-2H3. The van der Waals surface area contributed by atoms with Gasteiger partial charge in [0.05, 0.1) is 17.7 Å². The molecule has 0 N–H and O–H groups in total. The Balaban J connectivity index is 1.42. The van der Waals surface area contributed by atoms with Crippen molar-refractivity contribution in [3.05, 3.63) is 65.7 Å². The molecule has 0 aromatic heterocycles. The molecule has 2 amide bonds. The number of anilines is 1. The molecule has 8 nitrogen and oxygen atoms in total. The van der Waals surface area contributed by atoms with Crippen LogP contribution in [-0.4, -0.2) is 61.5 Å². The zero-order valence-corrected chi connectivity index (χ0v) is 16.7. The number of ether oxygens (including phenoxy) is 2. The van der Waals surface area contributed by atoms with Crippen LogP contribution < -0.4 is 4.90 Å². The van der Waals surface area contributed by atoms with Gasteiger partial charge in [-0.05, 0) is 31.2 Å². The van der Waals surface area contributed by atoms with Gasteiger partial charge >= 0.3 is 11.9 Å². The Morgan fingerprint density at radius 1 is 0.933 bits per heavy atom. The Hall–Kier alpha value is -3.68. The molecule has 1 unspecified atom stereocenters. The van der Waals surface area contributed by atoms with E-state index in [0.29, 0.717) is 11.1 Å². The minimum atomic E-state index is -0.755. The number of fused-ring (bicyclic) bond motifs is 1. The second-order valence-electron chi connectivity index (χ2n) is 6.76. The topological polar surface area (TPSA) is 93.2 Å². The lowest BCUT2D eigenvalue weighted by molar-refractivity contribution is -0.159. The maximum Gasteiger partial charge on any atom is 0.344 e.